The third-order valence-electron chi connectivity index (χ3n) is 2.72. The van der Waals surface area contributed by atoms with Crippen molar-refractivity contribution < 1.29 is 4.79 Å². The number of anilines is 1. The summed E-state index contributed by atoms with van der Waals surface area (Å²) in [5, 5.41) is 5.73. The van der Waals surface area contributed by atoms with Gasteiger partial charge >= 0.3 is 6.03 Å². The van der Waals surface area contributed by atoms with Crippen molar-refractivity contribution in [3.05, 3.63) is 29.3 Å². The zero-order valence-corrected chi connectivity index (χ0v) is 10.4. The molecule has 0 atom stereocenters. The summed E-state index contributed by atoms with van der Waals surface area (Å²) in [6.07, 6.45) is 2.17. The lowest BCUT2D eigenvalue weighted by molar-refractivity contribution is 0.251. The molecule has 4 heteroatoms. The van der Waals surface area contributed by atoms with E-state index in [1.165, 1.54) is 0 Å². The first kappa shape index (κ1) is 12.5. The normalized spacial score (nSPS) is 13.4. The molecule has 2 amide bonds. The van der Waals surface area contributed by atoms with Crippen molar-refractivity contribution in [2.24, 2.45) is 5.73 Å². The lowest BCUT2D eigenvalue weighted by Gasteiger charge is -2.09. The van der Waals surface area contributed by atoms with Crippen molar-refractivity contribution >= 4 is 11.7 Å². The van der Waals surface area contributed by atoms with E-state index in [1.807, 2.05) is 25.1 Å². The van der Waals surface area contributed by atoms with Gasteiger partial charge in [-0.25, -0.2) is 4.79 Å². The summed E-state index contributed by atoms with van der Waals surface area (Å²) in [5.74, 6) is 5.77. The summed E-state index contributed by atoms with van der Waals surface area (Å²) in [6, 6.07) is 5.90. The Morgan fingerprint density at radius 2 is 2.28 bits per heavy atom. The Bertz CT molecular complexity index is 510. The number of carbonyl (C=O) groups excluding carboxylic acids is 1. The summed E-state index contributed by atoms with van der Waals surface area (Å²) >= 11 is 0. The average molecular weight is 243 g/mol. The maximum Gasteiger partial charge on any atom is 0.319 e. The molecule has 2 rings (SSSR count). The summed E-state index contributed by atoms with van der Waals surface area (Å²) in [6.45, 7) is 2.29. The minimum atomic E-state index is -0.138. The summed E-state index contributed by atoms with van der Waals surface area (Å²) in [7, 11) is 0. The molecular weight excluding hydrogens is 226 g/mol. The first-order valence-electron chi connectivity index (χ1n) is 6.06. The van der Waals surface area contributed by atoms with Gasteiger partial charge in [0.2, 0.25) is 0 Å². The van der Waals surface area contributed by atoms with E-state index in [2.05, 4.69) is 22.5 Å². The van der Waals surface area contributed by atoms with E-state index in [-0.39, 0.29) is 6.03 Å². The van der Waals surface area contributed by atoms with Gasteiger partial charge in [0.05, 0.1) is 6.54 Å². The van der Waals surface area contributed by atoms with Crippen LogP contribution in [-0.4, -0.2) is 18.6 Å². The molecule has 1 saturated carbocycles. The molecule has 18 heavy (non-hydrogen) atoms. The van der Waals surface area contributed by atoms with Gasteiger partial charge in [-0.05, 0) is 43.5 Å². The monoisotopic (exact) mass is 243 g/mol. The van der Waals surface area contributed by atoms with Crippen LogP contribution < -0.4 is 16.4 Å². The SMILES string of the molecule is Cc1cc(C#CCN)ccc1NC(=O)NC1CC1. The number of hydrogen-bond acceptors (Lipinski definition) is 2. The smallest absolute Gasteiger partial charge is 0.319 e. The van der Waals surface area contributed by atoms with E-state index in [9.17, 15) is 4.79 Å². The largest absolute Gasteiger partial charge is 0.335 e. The van der Waals surface area contributed by atoms with Crippen molar-refractivity contribution in [1.82, 2.24) is 5.32 Å². The van der Waals surface area contributed by atoms with Gasteiger partial charge < -0.3 is 16.4 Å². The molecule has 1 aliphatic rings. The molecule has 4 N–H and O–H groups in total. The first-order chi connectivity index (χ1) is 8.69. The zero-order valence-electron chi connectivity index (χ0n) is 10.4. The molecule has 0 aromatic heterocycles. The quantitative estimate of drug-likeness (QED) is 0.690. The molecule has 1 aromatic rings. The highest BCUT2D eigenvalue weighted by molar-refractivity contribution is 5.90. The van der Waals surface area contributed by atoms with Crippen LogP contribution in [0.5, 0.6) is 0 Å². The standard InChI is InChI=1S/C14H17N3O/c1-10-9-11(3-2-8-15)4-7-13(10)17-14(18)16-12-5-6-12/h4,7,9,12H,5-6,8,15H2,1H3,(H2,16,17,18). The van der Waals surface area contributed by atoms with Crippen LogP contribution >= 0.6 is 0 Å². The third kappa shape index (κ3) is 3.51. The number of hydrogen-bond donors (Lipinski definition) is 3. The van der Waals surface area contributed by atoms with Gasteiger partial charge in [-0.15, -0.1) is 0 Å². The van der Waals surface area contributed by atoms with Crippen molar-refractivity contribution in [3.63, 3.8) is 0 Å². The number of aryl methyl sites for hydroxylation is 1. The number of nitrogens with two attached hydrogens (primary N) is 1. The Morgan fingerprint density at radius 1 is 1.50 bits per heavy atom. The third-order valence-corrected chi connectivity index (χ3v) is 2.72. The average Bonchev–Trinajstić information content (AvgIpc) is 3.13. The number of amides is 2. The highest BCUT2D eigenvalue weighted by Gasteiger charge is 2.23. The molecule has 1 aromatic carbocycles. The van der Waals surface area contributed by atoms with Gasteiger partial charge in [0.15, 0.2) is 0 Å². The van der Waals surface area contributed by atoms with Crippen LogP contribution in [0.1, 0.15) is 24.0 Å². The second kappa shape index (κ2) is 5.56. The molecule has 0 unspecified atom stereocenters. The van der Waals surface area contributed by atoms with Crippen molar-refractivity contribution in [2.75, 3.05) is 11.9 Å². The molecule has 0 saturated heterocycles. The predicted molar refractivity (Wildman–Crippen MR) is 72.3 cm³/mol. The second-order valence-corrected chi connectivity index (χ2v) is 4.41. The second-order valence-electron chi connectivity index (χ2n) is 4.41. The highest BCUT2D eigenvalue weighted by atomic mass is 16.2. The Labute approximate surface area is 107 Å². The van der Waals surface area contributed by atoms with E-state index >= 15 is 0 Å². The molecule has 0 heterocycles. The molecular formula is C14H17N3O. The summed E-state index contributed by atoms with van der Waals surface area (Å²) in [5.41, 5.74) is 8.03. The van der Waals surface area contributed by atoms with Crippen LogP contribution in [0, 0.1) is 18.8 Å². The number of rotatable bonds is 2. The maximum atomic E-state index is 11.6. The van der Waals surface area contributed by atoms with Gasteiger partial charge in [0.25, 0.3) is 0 Å². The number of carbonyl (C=O) groups is 1. The van der Waals surface area contributed by atoms with Crippen LogP contribution in [0.25, 0.3) is 0 Å². The van der Waals surface area contributed by atoms with E-state index in [4.69, 9.17) is 5.73 Å². The zero-order chi connectivity index (χ0) is 13.0. The van der Waals surface area contributed by atoms with E-state index in [0.717, 1.165) is 29.7 Å². The van der Waals surface area contributed by atoms with Crippen LogP contribution in [0.4, 0.5) is 10.5 Å². The molecule has 0 radical (unpaired) electrons. The minimum Gasteiger partial charge on any atom is -0.335 e. The van der Waals surface area contributed by atoms with Crippen molar-refractivity contribution in [1.29, 1.82) is 0 Å². The van der Waals surface area contributed by atoms with E-state index in [1.54, 1.807) is 0 Å². The molecule has 0 bridgehead atoms. The van der Waals surface area contributed by atoms with Gasteiger partial charge in [-0.1, -0.05) is 11.8 Å². The fourth-order valence-corrected chi connectivity index (χ4v) is 1.61. The predicted octanol–water partition coefficient (Wildman–Crippen LogP) is 1.59. The van der Waals surface area contributed by atoms with E-state index < -0.39 is 0 Å². The number of urea groups is 1. The number of nitrogens with one attached hydrogen (secondary N) is 2. The van der Waals surface area contributed by atoms with E-state index in [0.29, 0.717) is 12.6 Å². The van der Waals surface area contributed by atoms with Crippen LogP contribution in [-0.2, 0) is 0 Å². The Kier molecular flexibility index (Phi) is 3.85. The first-order valence-corrected chi connectivity index (χ1v) is 6.06. The summed E-state index contributed by atoms with van der Waals surface area (Å²) < 4.78 is 0. The van der Waals surface area contributed by atoms with Crippen molar-refractivity contribution in [3.8, 4) is 11.8 Å². The van der Waals surface area contributed by atoms with Crippen LogP contribution in [0.3, 0.4) is 0 Å². The van der Waals surface area contributed by atoms with Gasteiger partial charge in [-0.3, -0.25) is 0 Å². The van der Waals surface area contributed by atoms with Crippen LogP contribution in [0.15, 0.2) is 18.2 Å². The van der Waals surface area contributed by atoms with Gasteiger partial charge in [-0.2, -0.15) is 0 Å². The van der Waals surface area contributed by atoms with Gasteiger partial charge in [0.1, 0.15) is 0 Å². The lowest BCUT2D eigenvalue weighted by Crippen LogP contribution is -2.30. The molecule has 1 fully saturated rings. The molecule has 94 valence electrons. The highest BCUT2D eigenvalue weighted by Crippen LogP contribution is 2.20. The van der Waals surface area contributed by atoms with Crippen molar-refractivity contribution in [2.45, 2.75) is 25.8 Å². The minimum absolute atomic E-state index is 0.138. The lowest BCUT2D eigenvalue weighted by atomic mass is 10.1. The molecule has 4 nitrogen and oxygen atoms in total. The maximum absolute atomic E-state index is 11.6. The molecule has 0 spiro atoms. The molecule has 0 aliphatic heterocycles. The van der Waals surface area contributed by atoms with Crippen LogP contribution in [0.2, 0.25) is 0 Å². The van der Waals surface area contributed by atoms with Gasteiger partial charge in [0, 0.05) is 17.3 Å². The number of benzene rings is 1. The fourth-order valence-electron chi connectivity index (χ4n) is 1.61. The Balaban J connectivity index is 2.01. The Hall–Kier alpha value is -1.99. The topological polar surface area (TPSA) is 67.1 Å². The summed E-state index contributed by atoms with van der Waals surface area (Å²) in [4.78, 5) is 11.6. The Morgan fingerprint density at radius 3 is 2.89 bits per heavy atom. The fraction of sp³-hybridized carbons (Fsp3) is 0.357. The molecule has 1 aliphatic carbocycles.